The van der Waals surface area contributed by atoms with Crippen LogP contribution in [0.4, 0.5) is 0 Å². The molecule has 0 aromatic heterocycles. The molecule has 1 heterocycles. The van der Waals surface area contributed by atoms with E-state index in [0.29, 0.717) is 21.9 Å². The first-order valence-corrected chi connectivity index (χ1v) is 7.86. The monoisotopic (exact) mass is 333 g/mol. The van der Waals surface area contributed by atoms with E-state index in [9.17, 15) is 9.59 Å². The summed E-state index contributed by atoms with van der Waals surface area (Å²) in [4.78, 5) is 24.6. The first kappa shape index (κ1) is 17.3. The van der Waals surface area contributed by atoms with Crippen molar-refractivity contribution in [2.45, 2.75) is 33.6 Å². The maximum absolute atomic E-state index is 12.5. The van der Waals surface area contributed by atoms with Crippen LogP contribution >= 0.6 is 11.6 Å². The SMILES string of the molecule is CCOC(=O)C1=C(C)NC(C)=C(C(C)=O)C1c1ccc(Cl)cc1. The minimum absolute atomic E-state index is 0.0794. The second-order valence-corrected chi connectivity index (χ2v) is 5.90. The molecule has 0 aliphatic carbocycles. The lowest BCUT2D eigenvalue weighted by atomic mass is 9.79. The zero-order valence-electron chi connectivity index (χ0n) is 13.7. The van der Waals surface area contributed by atoms with Gasteiger partial charge in [-0.2, -0.15) is 0 Å². The fraction of sp³-hybridized carbons (Fsp3) is 0.333. The molecule has 0 amide bonds. The fourth-order valence-electron chi connectivity index (χ4n) is 2.93. The van der Waals surface area contributed by atoms with Gasteiger partial charge in [-0.1, -0.05) is 23.7 Å². The zero-order chi connectivity index (χ0) is 17.1. The number of dihydropyridines is 1. The highest BCUT2D eigenvalue weighted by Crippen LogP contribution is 2.39. The van der Waals surface area contributed by atoms with E-state index < -0.39 is 11.9 Å². The molecule has 1 aliphatic heterocycles. The van der Waals surface area contributed by atoms with Gasteiger partial charge in [0.15, 0.2) is 5.78 Å². The summed E-state index contributed by atoms with van der Waals surface area (Å²) in [6.07, 6.45) is 0. The number of nitrogens with one attached hydrogen (secondary N) is 1. The maximum atomic E-state index is 12.5. The van der Waals surface area contributed by atoms with E-state index in [1.54, 1.807) is 19.1 Å². The molecule has 0 bridgehead atoms. The molecule has 0 radical (unpaired) electrons. The lowest BCUT2D eigenvalue weighted by Crippen LogP contribution is -2.31. The van der Waals surface area contributed by atoms with Crippen LogP contribution in [0.15, 0.2) is 46.8 Å². The van der Waals surface area contributed by atoms with Gasteiger partial charge < -0.3 is 10.1 Å². The largest absolute Gasteiger partial charge is 0.463 e. The van der Waals surface area contributed by atoms with Crippen LogP contribution < -0.4 is 5.32 Å². The van der Waals surface area contributed by atoms with Crippen molar-refractivity contribution in [3.8, 4) is 0 Å². The van der Waals surface area contributed by atoms with Crippen molar-refractivity contribution in [3.63, 3.8) is 0 Å². The van der Waals surface area contributed by atoms with Gasteiger partial charge in [0.1, 0.15) is 0 Å². The van der Waals surface area contributed by atoms with Gasteiger partial charge >= 0.3 is 5.97 Å². The Morgan fingerprint density at radius 1 is 1.13 bits per heavy atom. The van der Waals surface area contributed by atoms with Crippen LogP contribution in [0.1, 0.15) is 39.2 Å². The minimum atomic E-state index is -0.454. The summed E-state index contributed by atoms with van der Waals surface area (Å²) in [5, 5.41) is 3.73. The second kappa shape index (κ2) is 7.01. The summed E-state index contributed by atoms with van der Waals surface area (Å²) in [7, 11) is 0. The number of carbonyl (C=O) groups is 2. The minimum Gasteiger partial charge on any atom is -0.463 e. The second-order valence-electron chi connectivity index (χ2n) is 5.46. The normalized spacial score (nSPS) is 17.9. The lowest BCUT2D eigenvalue weighted by molar-refractivity contribution is -0.138. The van der Waals surface area contributed by atoms with E-state index in [0.717, 1.165) is 11.3 Å². The van der Waals surface area contributed by atoms with Gasteiger partial charge in [-0.15, -0.1) is 0 Å². The Morgan fingerprint density at radius 3 is 2.22 bits per heavy atom. The predicted octanol–water partition coefficient (Wildman–Crippen LogP) is 3.73. The third kappa shape index (κ3) is 3.48. The van der Waals surface area contributed by atoms with Gasteiger partial charge in [-0.25, -0.2) is 4.79 Å². The molecule has 1 atom stereocenters. The molecule has 0 fully saturated rings. The molecule has 2 rings (SSSR count). The van der Waals surface area contributed by atoms with Crippen LogP contribution in [0.5, 0.6) is 0 Å². The number of ether oxygens (including phenoxy) is 1. The van der Waals surface area contributed by atoms with Crippen molar-refractivity contribution in [2.24, 2.45) is 0 Å². The number of hydrogen-bond donors (Lipinski definition) is 1. The maximum Gasteiger partial charge on any atom is 0.336 e. The van der Waals surface area contributed by atoms with Crippen molar-refractivity contribution in [3.05, 3.63) is 57.4 Å². The number of rotatable bonds is 4. The van der Waals surface area contributed by atoms with E-state index >= 15 is 0 Å². The number of hydrogen-bond acceptors (Lipinski definition) is 4. The Balaban J connectivity index is 2.63. The molecule has 1 unspecified atom stereocenters. The molecular weight excluding hydrogens is 314 g/mol. The molecule has 0 saturated carbocycles. The molecule has 122 valence electrons. The number of Topliss-reactive ketones (excluding diaryl/α,β-unsaturated/α-hetero) is 1. The van der Waals surface area contributed by atoms with E-state index in [1.165, 1.54) is 6.92 Å². The molecule has 0 spiro atoms. The van der Waals surface area contributed by atoms with Crippen LogP contribution in [0.2, 0.25) is 5.02 Å². The molecule has 1 aromatic carbocycles. The van der Waals surface area contributed by atoms with Crippen molar-refractivity contribution in [1.29, 1.82) is 0 Å². The third-order valence-electron chi connectivity index (χ3n) is 3.84. The highest BCUT2D eigenvalue weighted by Gasteiger charge is 2.35. The Bertz CT molecular complexity index is 701. The van der Waals surface area contributed by atoms with Crippen LogP contribution in [0.25, 0.3) is 0 Å². The van der Waals surface area contributed by atoms with E-state index in [-0.39, 0.29) is 12.4 Å². The molecule has 0 saturated heterocycles. The van der Waals surface area contributed by atoms with Crippen LogP contribution in [0.3, 0.4) is 0 Å². The molecular formula is C18H20ClNO3. The smallest absolute Gasteiger partial charge is 0.336 e. The van der Waals surface area contributed by atoms with Gasteiger partial charge in [0.25, 0.3) is 0 Å². The van der Waals surface area contributed by atoms with Gasteiger partial charge in [-0.3, -0.25) is 4.79 Å². The van der Waals surface area contributed by atoms with Crippen molar-refractivity contribution >= 4 is 23.4 Å². The predicted molar refractivity (Wildman–Crippen MR) is 90.0 cm³/mol. The zero-order valence-corrected chi connectivity index (χ0v) is 14.5. The summed E-state index contributed by atoms with van der Waals surface area (Å²) >= 11 is 5.96. The van der Waals surface area contributed by atoms with Crippen molar-refractivity contribution < 1.29 is 14.3 Å². The highest BCUT2D eigenvalue weighted by atomic mass is 35.5. The molecule has 1 N–H and O–H groups in total. The average molecular weight is 334 g/mol. The van der Waals surface area contributed by atoms with E-state index in [2.05, 4.69) is 5.32 Å². The Kier molecular flexibility index (Phi) is 5.26. The van der Waals surface area contributed by atoms with Crippen LogP contribution in [-0.2, 0) is 14.3 Å². The number of allylic oxidation sites excluding steroid dienone is 3. The van der Waals surface area contributed by atoms with Gasteiger partial charge in [0.2, 0.25) is 0 Å². The number of esters is 1. The molecule has 5 heteroatoms. The topological polar surface area (TPSA) is 55.4 Å². The Hall–Kier alpha value is -2.07. The Labute approximate surface area is 141 Å². The number of benzene rings is 1. The van der Waals surface area contributed by atoms with Gasteiger partial charge in [0, 0.05) is 27.9 Å². The van der Waals surface area contributed by atoms with Crippen LogP contribution in [-0.4, -0.2) is 18.4 Å². The third-order valence-corrected chi connectivity index (χ3v) is 4.09. The average Bonchev–Trinajstić information content (AvgIpc) is 2.46. The van der Waals surface area contributed by atoms with E-state index in [1.807, 2.05) is 26.0 Å². The Morgan fingerprint density at radius 2 is 1.70 bits per heavy atom. The number of carbonyl (C=O) groups excluding carboxylic acids is 2. The molecule has 1 aliphatic rings. The highest BCUT2D eigenvalue weighted by molar-refractivity contribution is 6.30. The van der Waals surface area contributed by atoms with Crippen molar-refractivity contribution in [1.82, 2.24) is 5.32 Å². The first-order chi connectivity index (χ1) is 10.9. The molecule has 4 nitrogen and oxygen atoms in total. The van der Waals surface area contributed by atoms with Crippen molar-refractivity contribution in [2.75, 3.05) is 6.61 Å². The standard InChI is InChI=1S/C18H20ClNO3/c1-5-23-18(22)16-11(3)20-10(2)15(12(4)21)17(16)13-6-8-14(19)9-7-13/h6-9,17,20H,5H2,1-4H3. The summed E-state index contributed by atoms with van der Waals surface area (Å²) in [6, 6.07) is 7.18. The first-order valence-electron chi connectivity index (χ1n) is 7.48. The van der Waals surface area contributed by atoms with Gasteiger partial charge in [-0.05, 0) is 45.4 Å². The quantitative estimate of drug-likeness (QED) is 0.853. The summed E-state index contributed by atoms with van der Waals surface area (Å²) < 4.78 is 5.19. The summed E-state index contributed by atoms with van der Waals surface area (Å²) in [6.45, 7) is 7.20. The van der Waals surface area contributed by atoms with E-state index in [4.69, 9.17) is 16.3 Å². The number of ketones is 1. The summed E-state index contributed by atoms with van der Waals surface area (Å²) in [5.74, 6) is -0.946. The lowest BCUT2D eigenvalue weighted by Gasteiger charge is -2.30. The fourth-order valence-corrected chi connectivity index (χ4v) is 3.05. The summed E-state index contributed by atoms with van der Waals surface area (Å²) in [5.41, 5.74) is 3.32. The van der Waals surface area contributed by atoms with Crippen LogP contribution in [0, 0.1) is 0 Å². The number of halogens is 1. The van der Waals surface area contributed by atoms with Gasteiger partial charge in [0.05, 0.1) is 12.2 Å². The molecule has 23 heavy (non-hydrogen) atoms. The molecule has 1 aromatic rings.